The van der Waals surface area contributed by atoms with E-state index in [-0.39, 0.29) is 39.3 Å². The summed E-state index contributed by atoms with van der Waals surface area (Å²) >= 11 is 6.17. The Labute approximate surface area is 137 Å². The highest BCUT2D eigenvalue weighted by atomic mass is 35.5. The van der Waals surface area contributed by atoms with Gasteiger partial charge in [0.05, 0.1) is 11.3 Å². The van der Waals surface area contributed by atoms with Gasteiger partial charge in [-0.1, -0.05) is 17.7 Å². The van der Waals surface area contributed by atoms with Gasteiger partial charge in [-0.25, -0.2) is 0 Å². The van der Waals surface area contributed by atoms with Gasteiger partial charge >= 0.3 is 0 Å². The molecular weight excluding hydrogens is 318 g/mol. The van der Waals surface area contributed by atoms with Crippen molar-refractivity contribution in [1.82, 2.24) is 4.57 Å². The number of aromatic hydroxyl groups is 1. The molecular formula is C16H16ClN3O3. The van der Waals surface area contributed by atoms with E-state index in [9.17, 15) is 14.7 Å². The lowest BCUT2D eigenvalue weighted by Crippen LogP contribution is -2.29. The van der Waals surface area contributed by atoms with Crippen LogP contribution in [0.4, 0.5) is 5.82 Å². The molecule has 1 saturated carbocycles. The van der Waals surface area contributed by atoms with Crippen LogP contribution in [0.3, 0.4) is 0 Å². The number of aromatic nitrogens is 1. The first-order chi connectivity index (χ1) is 10.8. The summed E-state index contributed by atoms with van der Waals surface area (Å²) in [5.74, 6) is -0.866. The number of rotatable bonds is 3. The van der Waals surface area contributed by atoms with Crippen molar-refractivity contribution < 1.29 is 9.90 Å². The van der Waals surface area contributed by atoms with Crippen molar-refractivity contribution in [2.24, 2.45) is 5.73 Å². The first-order valence-corrected chi connectivity index (χ1v) is 7.54. The topological polar surface area (TPSA) is 111 Å². The summed E-state index contributed by atoms with van der Waals surface area (Å²) in [4.78, 5) is 24.5. The third kappa shape index (κ3) is 2.45. The SMILES string of the molecule is Cc1ccc(O)c(Cl)c1-n1c(N)c(C(N)=O)cc(C2CC2)c1=O. The standard InChI is InChI=1S/C16H16ClN3O3/c1-7-2-5-11(21)12(17)13(7)20-14(18)10(15(19)22)6-9(16(20)23)8-3-4-8/h2,5-6,8,21H,3-4,18H2,1H3,(H2,19,22). The van der Waals surface area contributed by atoms with Gasteiger partial charge in [0.15, 0.2) is 0 Å². The van der Waals surface area contributed by atoms with Crippen molar-refractivity contribution in [3.63, 3.8) is 0 Å². The number of aryl methyl sites for hydroxylation is 1. The Bertz CT molecular complexity index is 885. The molecule has 1 aromatic carbocycles. The van der Waals surface area contributed by atoms with Crippen molar-refractivity contribution in [1.29, 1.82) is 0 Å². The minimum atomic E-state index is -0.716. The molecule has 0 atom stereocenters. The number of pyridine rings is 1. The molecule has 1 aromatic heterocycles. The highest BCUT2D eigenvalue weighted by molar-refractivity contribution is 6.34. The number of phenolic OH excluding ortho intramolecular Hbond substituents is 1. The number of primary amides is 1. The molecule has 23 heavy (non-hydrogen) atoms. The summed E-state index contributed by atoms with van der Waals surface area (Å²) in [5, 5.41) is 9.86. The number of amides is 1. The number of hydrogen-bond donors (Lipinski definition) is 3. The number of hydrogen-bond acceptors (Lipinski definition) is 4. The zero-order chi connectivity index (χ0) is 16.9. The Morgan fingerprint density at radius 3 is 2.61 bits per heavy atom. The average molecular weight is 334 g/mol. The van der Waals surface area contributed by atoms with Crippen LogP contribution in [0.2, 0.25) is 5.02 Å². The Morgan fingerprint density at radius 1 is 1.39 bits per heavy atom. The molecule has 0 saturated heterocycles. The molecule has 0 bridgehead atoms. The minimum absolute atomic E-state index is 0.00201. The van der Waals surface area contributed by atoms with E-state index in [0.717, 1.165) is 12.8 Å². The van der Waals surface area contributed by atoms with E-state index in [1.807, 2.05) is 0 Å². The molecule has 1 aliphatic rings. The molecule has 1 fully saturated rings. The van der Waals surface area contributed by atoms with Gasteiger partial charge in [-0.3, -0.25) is 14.2 Å². The molecule has 2 aromatic rings. The molecule has 1 aliphatic carbocycles. The highest BCUT2D eigenvalue weighted by Gasteiger charge is 2.30. The number of carbonyl (C=O) groups is 1. The third-order valence-corrected chi connectivity index (χ3v) is 4.44. The summed E-state index contributed by atoms with van der Waals surface area (Å²) in [5.41, 5.74) is 12.5. The number of nitrogens with zero attached hydrogens (tertiary/aromatic N) is 1. The minimum Gasteiger partial charge on any atom is -0.506 e. The van der Waals surface area contributed by atoms with Crippen LogP contribution >= 0.6 is 11.6 Å². The highest BCUT2D eigenvalue weighted by Crippen LogP contribution is 2.40. The molecule has 120 valence electrons. The fraction of sp³-hybridized carbons (Fsp3) is 0.250. The Balaban J connectivity index is 2.42. The van der Waals surface area contributed by atoms with Crippen LogP contribution in [0.25, 0.3) is 5.69 Å². The average Bonchev–Trinajstić information content (AvgIpc) is 3.31. The number of benzene rings is 1. The van der Waals surface area contributed by atoms with Gasteiger partial charge in [0.1, 0.15) is 16.6 Å². The van der Waals surface area contributed by atoms with Crippen molar-refractivity contribution >= 4 is 23.3 Å². The maximum atomic E-state index is 12.9. The van der Waals surface area contributed by atoms with Crippen LogP contribution in [0.15, 0.2) is 23.0 Å². The Kier molecular flexibility index (Phi) is 3.56. The second-order valence-electron chi connectivity index (χ2n) is 5.74. The fourth-order valence-electron chi connectivity index (χ4n) is 2.68. The van der Waals surface area contributed by atoms with Gasteiger partial charge in [0, 0.05) is 5.56 Å². The van der Waals surface area contributed by atoms with Gasteiger partial charge in [-0.05, 0) is 43.4 Å². The lowest BCUT2D eigenvalue weighted by Gasteiger charge is -2.18. The molecule has 6 nitrogen and oxygen atoms in total. The van der Waals surface area contributed by atoms with Crippen LogP contribution in [0.5, 0.6) is 5.75 Å². The monoisotopic (exact) mass is 333 g/mol. The molecule has 0 spiro atoms. The molecule has 7 heteroatoms. The Hall–Kier alpha value is -2.47. The molecule has 0 radical (unpaired) electrons. The molecule has 0 aliphatic heterocycles. The van der Waals surface area contributed by atoms with E-state index in [1.54, 1.807) is 13.0 Å². The van der Waals surface area contributed by atoms with Gasteiger partial charge in [0.2, 0.25) is 0 Å². The predicted octanol–water partition coefficient (Wildman–Crippen LogP) is 2.06. The number of halogens is 1. The second-order valence-corrected chi connectivity index (χ2v) is 6.12. The van der Waals surface area contributed by atoms with Gasteiger partial charge in [-0.2, -0.15) is 0 Å². The zero-order valence-electron chi connectivity index (χ0n) is 12.5. The fourth-order valence-corrected chi connectivity index (χ4v) is 2.98. The van der Waals surface area contributed by atoms with Crippen LogP contribution in [0.1, 0.15) is 40.2 Å². The number of carbonyl (C=O) groups excluding carboxylic acids is 1. The van der Waals surface area contributed by atoms with E-state index >= 15 is 0 Å². The van der Waals surface area contributed by atoms with E-state index in [0.29, 0.717) is 11.1 Å². The summed E-state index contributed by atoms with van der Waals surface area (Å²) in [6.07, 6.45) is 1.76. The van der Waals surface area contributed by atoms with Crippen molar-refractivity contribution in [3.8, 4) is 11.4 Å². The third-order valence-electron chi connectivity index (χ3n) is 4.07. The quantitative estimate of drug-likeness (QED) is 0.798. The van der Waals surface area contributed by atoms with Crippen molar-refractivity contribution in [3.05, 3.63) is 50.3 Å². The van der Waals surface area contributed by atoms with Crippen LogP contribution in [0, 0.1) is 6.92 Å². The van der Waals surface area contributed by atoms with Crippen LogP contribution < -0.4 is 17.0 Å². The summed E-state index contributed by atoms with van der Waals surface area (Å²) in [6, 6.07) is 4.53. The maximum Gasteiger partial charge on any atom is 0.260 e. The first kappa shape index (κ1) is 15.4. The molecule has 1 heterocycles. The summed E-state index contributed by atoms with van der Waals surface area (Å²) in [7, 11) is 0. The summed E-state index contributed by atoms with van der Waals surface area (Å²) in [6.45, 7) is 1.74. The predicted molar refractivity (Wildman–Crippen MR) is 88.4 cm³/mol. The second kappa shape index (κ2) is 5.31. The molecule has 5 N–H and O–H groups in total. The van der Waals surface area contributed by atoms with Crippen LogP contribution in [-0.2, 0) is 0 Å². The molecule has 0 unspecified atom stereocenters. The molecule has 3 rings (SSSR count). The van der Waals surface area contributed by atoms with E-state index in [2.05, 4.69) is 0 Å². The maximum absolute atomic E-state index is 12.9. The number of anilines is 1. The van der Waals surface area contributed by atoms with Crippen LogP contribution in [-0.4, -0.2) is 15.6 Å². The summed E-state index contributed by atoms with van der Waals surface area (Å²) < 4.78 is 1.17. The van der Waals surface area contributed by atoms with E-state index < -0.39 is 5.91 Å². The van der Waals surface area contributed by atoms with Crippen molar-refractivity contribution in [2.75, 3.05) is 5.73 Å². The number of nitrogen functional groups attached to an aromatic ring is 1. The zero-order valence-corrected chi connectivity index (χ0v) is 13.2. The van der Waals surface area contributed by atoms with Gasteiger partial charge in [-0.15, -0.1) is 0 Å². The normalized spacial score (nSPS) is 14.0. The van der Waals surface area contributed by atoms with Gasteiger partial charge < -0.3 is 16.6 Å². The van der Waals surface area contributed by atoms with Crippen molar-refractivity contribution in [2.45, 2.75) is 25.7 Å². The van der Waals surface area contributed by atoms with E-state index in [4.69, 9.17) is 23.1 Å². The lowest BCUT2D eigenvalue weighted by molar-refractivity contribution is 0.100. The first-order valence-electron chi connectivity index (χ1n) is 7.16. The Morgan fingerprint density at radius 2 is 2.04 bits per heavy atom. The lowest BCUT2D eigenvalue weighted by atomic mass is 10.1. The largest absolute Gasteiger partial charge is 0.506 e. The van der Waals surface area contributed by atoms with Gasteiger partial charge in [0.25, 0.3) is 11.5 Å². The molecule has 1 amide bonds. The number of nitrogens with two attached hydrogens (primary N) is 2. The number of phenols is 1. The smallest absolute Gasteiger partial charge is 0.260 e. The van der Waals surface area contributed by atoms with E-state index in [1.165, 1.54) is 16.7 Å².